The number of piperazine rings is 1. The van der Waals surface area contributed by atoms with E-state index in [1.54, 1.807) is 11.2 Å². The molecule has 140 valence electrons. The molecule has 0 unspecified atom stereocenters. The number of sulfonamides is 1. The highest BCUT2D eigenvalue weighted by Gasteiger charge is 2.25. The van der Waals surface area contributed by atoms with Gasteiger partial charge in [0.1, 0.15) is 0 Å². The SMILES string of the molecule is CCS(=O)(=O)N1CCN(Cc2cccc(C(=O)NC(C)(C)C)c2)CC1. The molecule has 0 aromatic heterocycles. The van der Waals surface area contributed by atoms with Gasteiger partial charge >= 0.3 is 0 Å². The first-order valence-corrected chi connectivity index (χ1v) is 10.3. The van der Waals surface area contributed by atoms with Crippen LogP contribution in [-0.4, -0.2) is 61.0 Å². The van der Waals surface area contributed by atoms with Crippen LogP contribution in [0.3, 0.4) is 0 Å². The second-order valence-electron chi connectivity index (χ2n) is 7.48. The topological polar surface area (TPSA) is 69.7 Å². The van der Waals surface area contributed by atoms with Gasteiger partial charge in [-0.3, -0.25) is 9.69 Å². The third-order valence-electron chi connectivity index (χ3n) is 4.17. The Morgan fingerprint density at radius 1 is 1.16 bits per heavy atom. The van der Waals surface area contributed by atoms with E-state index < -0.39 is 10.0 Å². The molecule has 0 radical (unpaired) electrons. The largest absolute Gasteiger partial charge is 0.347 e. The molecule has 1 aromatic rings. The van der Waals surface area contributed by atoms with Gasteiger partial charge in [-0.25, -0.2) is 8.42 Å². The van der Waals surface area contributed by atoms with Gasteiger partial charge in [-0.2, -0.15) is 4.31 Å². The minimum Gasteiger partial charge on any atom is -0.347 e. The van der Waals surface area contributed by atoms with Gasteiger partial charge in [-0.1, -0.05) is 12.1 Å². The molecule has 0 bridgehead atoms. The standard InChI is InChI=1S/C18H29N3O3S/c1-5-25(23,24)21-11-9-20(10-12-21)14-15-7-6-8-16(13-15)17(22)19-18(2,3)4/h6-8,13H,5,9-12,14H2,1-4H3,(H,19,22). The molecule has 1 fully saturated rings. The Labute approximate surface area is 151 Å². The average molecular weight is 368 g/mol. The van der Waals surface area contributed by atoms with Gasteiger partial charge in [-0.05, 0) is 45.4 Å². The number of nitrogens with one attached hydrogen (secondary N) is 1. The summed E-state index contributed by atoms with van der Waals surface area (Å²) in [7, 11) is -3.10. The van der Waals surface area contributed by atoms with Crippen molar-refractivity contribution in [2.75, 3.05) is 31.9 Å². The lowest BCUT2D eigenvalue weighted by Gasteiger charge is -2.33. The summed E-state index contributed by atoms with van der Waals surface area (Å²) < 4.78 is 25.4. The number of carbonyl (C=O) groups is 1. The molecule has 0 spiro atoms. The van der Waals surface area contributed by atoms with E-state index in [0.717, 1.165) is 12.1 Å². The molecule has 0 atom stereocenters. The molecule has 1 aromatic carbocycles. The van der Waals surface area contributed by atoms with Gasteiger partial charge in [0.05, 0.1) is 5.75 Å². The van der Waals surface area contributed by atoms with Crippen molar-refractivity contribution in [3.05, 3.63) is 35.4 Å². The van der Waals surface area contributed by atoms with Gasteiger partial charge in [0.15, 0.2) is 0 Å². The normalized spacial score (nSPS) is 17.4. The van der Waals surface area contributed by atoms with Gasteiger partial charge in [0.25, 0.3) is 5.91 Å². The second-order valence-corrected chi connectivity index (χ2v) is 9.74. The Hall–Kier alpha value is -1.44. The lowest BCUT2D eigenvalue weighted by molar-refractivity contribution is 0.0919. The van der Waals surface area contributed by atoms with Crippen LogP contribution in [0.25, 0.3) is 0 Å². The minimum atomic E-state index is -3.10. The smallest absolute Gasteiger partial charge is 0.251 e. The Morgan fingerprint density at radius 3 is 2.36 bits per heavy atom. The van der Waals surface area contributed by atoms with Crippen LogP contribution in [0.1, 0.15) is 43.6 Å². The zero-order valence-corrected chi connectivity index (χ0v) is 16.4. The molecular weight excluding hydrogens is 338 g/mol. The van der Waals surface area contributed by atoms with Crippen molar-refractivity contribution < 1.29 is 13.2 Å². The Kier molecular flexibility index (Phi) is 6.24. The fourth-order valence-corrected chi connectivity index (χ4v) is 3.92. The maximum absolute atomic E-state index is 12.3. The van der Waals surface area contributed by atoms with Crippen LogP contribution in [-0.2, 0) is 16.6 Å². The summed E-state index contributed by atoms with van der Waals surface area (Å²) in [5.74, 6) is 0.0750. The van der Waals surface area contributed by atoms with Crippen molar-refractivity contribution in [1.29, 1.82) is 0 Å². The zero-order valence-electron chi connectivity index (χ0n) is 15.6. The molecule has 1 aliphatic rings. The molecule has 1 amide bonds. The molecular formula is C18H29N3O3S. The molecule has 7 heteroatoms. The summed E-state index contributed by atoms with van der Waals surface area (Å²) in [6, 6.07) is 7.63. The Balaban J connectivity index is 1.96. The van der Waals surface area contributed by atoms with Crippen molar-refractivity contribution in [2.45, 2.75) is 39.8 Å². The van der Waals surface area contributed by atoms with Gasteiger partial charge in [-0.15, -0.1) is 0 Å². The quantitative estimate of drug-likeness (QED) is 0.860. The van der Waals surface area contributed by atoms with Crippen molar-refractivity contribution in [2.24, 2.45) is 0 Å². The van der Waals surface area contributed by atoms with Crippen LogP contribution >= 0.6 is 0 Å². The van der Waals surface area contributed by atoms with E-state index in [-0.39, 0.29) is 17.2 Å². The molecule has 25 heavy (non-hydrogen) atoms. The van der Waals surface area contributed by atoms with Crippen molar-refractivity contribution in [3.8, 4) is 0 Å². The Bertz CT molecular complexity index is 703. The average Bonchev–Trinajstić information content (AvgIpc) is 2.54. The summed E-state index contributed by atoms with van der Waals surface area (Å²) in [5, 5.41) is 2.97. The van der Waals surface area contributed by atoms with Gasteiger partial charge in [0, 0.05) is 43.8 Å². The summed E-state index contributed by atoms with van der Waals surface area (Å²) in [6.45, 7) is 10.7. The minimum absolute atomic E-state index is 0.0757. The van der Waals surface area contributed by atoms with Gasteiger partial charge in [0.2, 0.25) is 10.0 Å². The summed E-state index contributed by atoms with van der Waals surface area (Å²) in [6.07, 6.45) is 0. The predicted molar refractivity (Wildman–Crippen MR) is 100.0 cm³/mol. The summed E-state index contributed by atoms with van der Waals surface area (Å²) >= 11 is 0. The molecule has 0 aliphatic carbocycles. The molecule has 0 saturated carbocycles. The first kappa shape index (κ1) is 19.9. The van der Waals surface area contributed by atoms with Crippen LogP contribution in [0, 0.1) is 0 Å². The number of amides is 1. The van der Waals surface area contributed by atoms with E-state index in [0.29, 0.717) is 31.7 Å². The summed E-state index contributed by atoms with van der Waals surface area (Å²) in [5.41, 5.74) is 1.45. The first-order valence-electron chi connectivity index (χ1n) is 8.72. The highest BCUT2D eigenvalue weighted by Crippen LogP contribution is 2.13. The maximum Gasteiger partial charge on any atom is 0.251 e. The Morgan fingerprint density at radius 2 is 1.80 bits per heavy atom. The molecule has 1 aliphatic heterocycles. The zero-order chi connectivity index (χ0) is 18.7. The predicted octanol–water partition coefficient (Wildman–Crippen LogP) is 1.68. The number of nitrogens with zero attached hydrogens (tertiary/aromatic N) is 2. The third-order valence-corrected chi connectivity index (χ3v) is 6.05. The highest BCUT2D eigenvalue weighted by molar-refractivity contribution is 7.89. The lowest BCUT2D eigenvalue weighted by atomic mass is 10.1. The number of carbonyl (C=O) groups excluding carboxylic acids is 1. The number of hydrogen-bond donors (Lipinski definition) is 1. The van der Waals surface area contributed by atoms with Crippen LogP contribution < -0.4 is 5.32 Å². The van der Waals surface area contributed by atoms with Crippen LogP contribution in [0.5, 0.6) is 0 Å². The molecule has 1 heterocycles. The van der Waals surface area contributed by atoms with Crippen molar-refractivity contribution in [3.63, 3.8) is 0 Å². The number of rotatable bonds is 5. The summed E-state index contributed by atoms with van der Waals surface area (Å²) in [4.78, 5) is 14.5. The van der Waals surface area contributed by atoms with Gasteiger partial charge < -0.3 is 5.32 Å². The van der Waals surface area contributed by atoms with E-state index in [2.05, 4.69) is 10.2 Å². The van der Waals surface area contributed by atoms with E-state index in [9.17, 15) is 13.2 Å². The fourth-order valence-electron chi connectivity index (χ4n) is 2.83. The first-order chi connectivity index (χ1) is 11.6. The monoisotopic (exact) mass is 367 g/mol. The number of benzene rings is 1. The van der Waals surface area contributed by atoms with Crippen molar-refractivity contribution in [1.82, 2.24) is 14.5 Å². The highest BCUT2D eigenvalue weighted by atomic mass is 32.2. The van der Waals surface area contributed by atoms with Crippen LogP contribution in [0.4, 0.5) is 0 Å². The fraction of sp³-hybridized carbons (Fsp3) is 0.611. The second kappa shape index (κ2) is 7.85. The third kappa shape index (κ3) is 5.80. The molecule has 2 rings (SSSR count). The molecule has 1 saturated heterocycles. The van der Waals surface area contributed by atoms with E-state index in [1.165, 1.54) is 0 Å². The maximum atomic E-state index is 12.3. The van der Waals surface area contributed by atoms with Crippen LogP contribution in [0.2, 0.25) is 0 Å². The molecule has 1 N–H and O–H groups in total. The van der Waals surface area contributed by atoms with Crippen molar-refractivity contribution >= 4 is 15.9 Å². The molecule has 6 nitrogen and oxygen atoms in total. The van der Waals surface area contributed by atoms with Crippen LogP contribution in [0.15, 0.2) is 24.3 Å². The van der Waals surface area contributed by atoms with E-state index >= 15 is 0 Å². The van der Waals surface area contributed by atoms with E-state index in [1.807, 2.05) is 45.0 Å². The lowest BCUT2D eigenvalue weighted by Crippen LogP contribution is -2.48. The van der Waals surface area contributed by atoms with E-state index in [4.69, 9.17) is 0 Å². The number of hydrogen-bond acceptors (Lipinski definition) is 4.